The van der Waals surface area contributed by atoms with Gasteiger partial charge in [-0.25, -0.2) is 13.6 Å². The summed E-state index contributed by atoms with van der Waals surface area (Å²) in [4.78, 5) is 12.2. The Labute approximate surface area is 153 Å². The Kier molecular flexibility index (Phi) is 5.93. The van der Waals surface area contributed by atoms with Crippen LogP contribution in [0.15, 0.2) is 59.0 Å². The van der Waals surface area contributed by atoms with Gasteiger partial charge in [0, 0.05) is 5.69 Å². The largest absolute Gasteiger partial charge is 0.321 e. The lowest BCUT2D eigenvalue weighted by molar-refractivity contribution is -0.112. The molecule has 1 amide bonds. The Morgan fingerprint density at radius 2 is 1.69 bits per heavy atom. The van der Waals surface area contributed by atoms with Gasteiger partial charge in [-0.15, -0.1) is 0 Å². The van der Waals surface area contributed by atoms with Crippen molar-refractivity contribution in [2.24, 2.45) is 5.14 Å². The zero-order valence-corrected chi connectivity index (χ0v) is 15.2. The molecule has 0 aliphatic rings. The molecule has 2 aromatic carbocycles. The maximum atomic E-state index is 12.3. The van der Waals surface area contributed by atoms with E-state index in [1.54, 1.807) is 0 Å². The summed E-state index contributed by atoms with van der Waals surface area (Å²) in [6.45, 7) is 4.17. The number of anilines is 1. The van der Waals surface area contributed by atoms with E-state index in [2.05, 4.69) is 19.2 Å². The number of hydrogen-bond donors (Lipinski definition) is 2. The number of benzene rings is 2. The lowest BCUT2D eigenvalue weighted by Crippen LogP contribution is -2.14. The van der Waals surface area contributed by atoms with Crippen LogP contribution in [0.2, 0.25) is 0 Å². The van der Waals surface area contributed by atoms with Gasteiger partial charge >= 0.3 is 0 Å². The summed E-state index contributed by atoms with van der Waals surface area (Å²) in [5, 5.41) is 16.8. The van der Waals surface area contributed by atoms with Crippen molar-refractivity contribution in [3.63, 3.8) is 0 Å². The predicted octanol–water partition coefficient (Wildman–Crippen LogP) is 3.00. The Hall–Kier alpha value is -2.95. The van der Waals surface area contributed by atoms with Crippen molar-refractivity contribution in [1.82, 2.24) is 0 Å². The van der Waals surface area contributed by atoms with Crippen LogP contribution in [-0.2, 0) is 14.8 Å². The first kappa shape index (κ1) is 19.4. The normalized spacial score (nSPS) is 11.9. The summed E-state index contributed by atoms with van der Waals surface area (Å²) in [7, 11) is -3.80. The first-order valence-corrected chi connectivity index (χ1v) is 9.41. The minimum Gasteiger partial charge on any atom is -0.321 e. The molecule has 0 fully saturated rings. The molecule has 0 aromatic heterocycles. The van der Waals surface area contributed by atoms with Gasteiger partial charge in [0.25, 0.3) is 5.91 Å². The van der Waals surface area contributed by atoms with E-state index in [9.17, 15) is 18.5 Å². The molecule has 0 spiro atoms. The Balaban J connectivity index is 2.17. The summed E-state index contributed by atoms with van der Waals surface area (Å²) >= 11 is 0. The average Bonchev–Trinajstić information content (AvgIpc) is 2.59. The van der Waals surface area contributed by atoms with Crippen LogP contribution in [0.25, 0.3) is 6.08 Å². The number of nitriles is 1. The summed E-state index contributed by atoms with van der Waals surface area (Å²) in [6, 6.07) is 14.9. The third kappa shape index (κ3) is 5.02. The fraction of sp³-hybridized carbons (Fsp3) is 0.158. The van der Waals surface area contributed by atoms with Gasteiger partial charge in [0.2, 0.25) is 10.0 Å². The van der Waals surface area contributed by atoms with Gasteiger partial charge in [0.1, 0.15) is 11.6 Å². The minimum atomic E-state index is -3.80. The topological polar surface area (TPSA) is 113 Å². The van der Waals surface area contributed by atoms with Crippen LogP contribution in [-0.4, -0.2) is 14.3 Å². The Morgan fingerprint density at radius 3 is 2.15 bits per heavy atom. The van der Waals surface area contributed by atoms with E-state index in [1.165, 1.54) is 35.9 Å². The highest BCUT2D eigenvalue weighted by atomic mass is 32.2. The molecule has 6 nitrogen and oxygen atoms in total. The van der Waals surface area contributed by atoms with E-state index in [0.717, 1.165) is 5.56 Å². The van der Waals surface area contributed by atoms with E-state index in [0.29, 0.717) is 11.6 Å². The minimum absolute atomic E-state index is 0.0576. The molecule has 0 aliphatic carbocycles. The molecule has 3 N–H and O–H groups in total. The highest BCUT2D eigenvalue weighted by Gasteiger charge is 2.11. The van der Waals surface area contributed by atoms with E-state index >= 15 is 0 Å². The Bertz CT molecular complexity index is 968. The van der Waals surface area contributed by atoms with Crippen molar-refractivity contribution in [2.75, 3.05) is 5.32 Å². The molecule has 0 radical (unpaired) electrons. The zero-order chi connectivity index (χ0) is 19.3. The molecule has 0 bridgehead atoms. The number of amides is 1. The second-order valence-electron chi connectivity index (χ2n) is 6.01. The molecule has 7 heteroatoms. The smallest absolute Gasteiger partial charge is 0.266 e. The third-order valence-corrected chi connectivity index (χ3v) is 4.65. The number of nitrogens with two attached hydrogens (primary N) is 1. The molecule has 2 rings (SSSR count). The fourth-order valence-corrected chi connectivity index (χ4v) is 2.73. The lowest BCUT2D eigenvalue weighted by atomic mass is 10.0. The number of carbonyl (C=O) groups excluding carboxylic acids is 1. The van der Waals surface area contributed by atoms with Gasteiger partial charge in [0.05, 0.1) is 4.90 Å². The molecule has 134 valence electrons. The molecular formula is C19H19N3O3S. The monoisotopic (exact) mass is 369 g/mol. The van der Waals surface area contributed by atoms with Gasteiger partial charge in [-0.05, 0) is 47.4 Å². The SMILES string of the molecule is CC(C)c1ccc(C=C(C#N)C(=O)Nc2ccc(S(N)(=O)=O)cc2)cc1. The predicted molar refractivity (Wildman–Crippen MR) is 101 cm³/mol. The number of primary sulfonamides is 1. The number of hydrogen-bond acceptors (Lipinski definition) is 4. The molecule has 0 atom stereocenters. The van der Waals surface area contributed by atoms with Crippen molar-refractivity contribution in [3.8, 4) is 6.07 Å². The first-order chi connectivity index (χ1) is 12.2. The van der Waals surface area contributed by atoms with E-state index in [4.69, 9.17) is 5.14 Å². The van der Waals surface area contributed by atoms with Crippen LogP contribution >= 0.6 is 0 Å². The lowest BCUT2D eigenvalue weighted by Gasteiger charge is -2.06. The van der Waals surface area contributed by atoms with Crippen LogP contribution in [0.1, 0.15) is 30.9 Å². The van der Waals surface area contributed by atoms with Crippen molar-refractivity contribution in [3.05, 3.63) is 65.2 Å². The van der Waals surface area contributed by atoms with Gasteiger partial charge in [-0.1, -0.05) is 38.1 Å². The number of nitrogens with zero attached hydrogens (tertiary/aromatic N) is 1. The summed E-state index contributed by atoms with van der Waals surface area (Å²) in [5.41, 5.74) is 2.21. The summed E-state index contributed by atoms with van der Waals surface area (Å²) in [5.74, 6) is -0.184. The molecule has 0 aliphatic heterocycles. The van der Waals surface area contributed by atoms with Crippen LogP contribution in [0, 0.1) is 11.3 Å². The van der Waals surface area contributed by atoms with Crippen LogP contribution in [0.3, 0.4) is 0 Å². The number of rotatable bonds is 5. The maximum absolute atomic E-state index is 12.3. The summed E-state index contributed by atoms with van der Waals surface area (Å²) < 4.78 is 22.5. The number of sulfonamides is 1. The number of nitrogens with one attached hydrogen (secondary N) is 1. The van der Waals surface area contributed by atoms with Crippen molar-refractivity contribution >= 4 is 27.7 Å². The molecule has 26 heavy (non-hydrogen) atoms. The standard InChI is InChI=1S/C19H19N3O3S/c1-13(2)15-5-3-14(4-6-15)11-16(12-20)19(23)22-17-7-9-18(10-8-17)26(21,24)25/h3-11,13H,1-2H3,(H,22,23)(H2,21,24,25). The van der Waals surface area contributed by atoms with Gasteiger partial charge in [-0.2, -0.15) is 5.26 Å². The van der Waals surface area contributed by atoms with Gasteiger partial charge in [-0.3, -0.25) is 4.79 Å². The van der Waals surface area contributed by atoms with Crippen molar-refractivity contribution < 1.29 is 13.2 Å². The van der Waals surface area contributed by atoms with Gasteiger partial charge in [0.15, 0.2) is 0 Å². The van der Waals surface area contributed by atoms with Crippen LogP contribution in [0.4, 0.5) is 5.69 Å². The molecule has 0 saturated carbocycles. The van der Waals surface area contributed by atoms with Crippen LogP contribution < -0.4 is 10.5 Å². The highest BCUT2D eigenvalue weighted by Crippen LogP contribution is 2.17. The van der Waals surface area contributed by atoms with Gasteiger partial charge < -0.3 is 5.32 Å². The van der Waals surface area contributed by atoms with E-state index in [-0.39, 0.29) is 10.5 Å². The van der Waals surface area contributed by atoms with Crippen molar-refractivity contribution in [1.29, 1.82) is 5.26 Å². The highest BCUT2D eigenvalue weighted by molar-refractivity contribution is 7.89. The number of carbonyl (C=O) groups is 1. The average molecular weight is 369 g/mol. The molecule has 2 aromatic rings. The Morgan fingerprint density at radius 1 is 1.12 bits per heavy atom. The molecule has 0 saturated heterocycles. The fourth-order valence-electron chi connectivity index (χ4n) is 2.22. The molecule has 0 unspecified atom stereocenters. The first-order valence-electron chi connectivity index (χ1n) is 7.86. The second kappa shape index (κ2) is 7.95. The zero-order valence-electron chi connectivity index (χ0n) is 14.4. The van der Waals surface area contributed by atoms with Crippen LogP contribution in [0.5, 0.6) is 0 Å². The second-order valence-corrected chi connectivity index (χ2v) is 7.58. The quantitative estimate of drug-likeness (QED) is 0.623. The molecule has 0 heterocycles. The third-order valence-electron chi connectivity index (χ3n) is 3.72. The van der Waals surface area contributed by atoms with Crippen molar-refractivity contribution in [2.45, 2.75) is 24.7 Å². The maximum Gasteiger partial charge on any atom is 0.266 e. The van der Waals surface area contributed by atoms with E-state index in [1.807, 2.05) is 30.3 Å². The molecular weight excluding hydrogens is 350 g/mol. The summed E-state index contributed by atoms with van der Waals surface area (Å²) in [6.07, 6.45) is 1.50. The van der Waals surface area contributed by atoms with E-state index < -0.39 is 15.9 Å².